The van der Waals surface area contributed by atoms with Crippen LogP contribution in [-0.2, 0) is 11.3 Å². The van der Waals surface area contributed by atoms with Gasteiger partial charge in [0.1, 0.15) is 18.0 Å². The average molecular weight is 379 g/mol. The number of rotatable bonds is 7. The molecule has 0 unspecified atom stereocenters. The second-order valence-corrected chi connectivity index (χ2v) is 5.95. The van der Waals surface area contributed by atoms with E-state index in [0.717, 1.165) is 16.0 Å². The Labute approximate surface area is 162 Å². The van der Waals surface area contributed by atoms with Crippen molar-refractivity contribution in [1.82, 2.24) is 9.78 Å². The Balaban J connectivity index is 1.73. The van der Waals surface area contributed by atoms with Crippen LogP contribution in [0.4, 0.5) is 5.69 Å². The van der Waals surface area contributed by atoms with Crippen molar-refractivity contribution in [3.05, 3.63) is 71.0 Å². The lowest BCUT2D eigenvalue weighted by Crippen LogP contribution is -2.29. The fraction of sp³-hybridized carbons (Fsp3) is 0.190. The number of amides is 1. The molecule has 0 atom stereocenters. The smallest absolute Gasteiger partial charge is 0.267 e. The zero-order chi connectivity index (χ0) is 19.9. The molecule has 3 rings (SSSR count). The standard InChI is InChI=1S/C21H21N3O4/c1-3-28-18-8-4-15(5-9-18)19-12-13-21(26)24(23-19)14-20(25)22-16-6-10-17(27-2)11-7-16/h4-13H,3,14H2,1-2H3,(H,22,25). The number of aromatic nitrogens is 2. The molecule has 1 amide bonds. The largest absolute Gasteiger partial charge is 0.497 e. The number of carbonyl (C=O) groups is 1. The van der Waals surface area contributed by atoms with E-state index in [1.165, 1.54) is 6.07 Å². The van der Waals surface area contributed by atoms with Crippen LogP contribution in [-0.4, -0.2) is 29.4 Å². The molecule has 7 heteroatoms. The van der Waals surface area contributed by atoms with Crippen LogP contribution in [0.3, 0.4) is 0 Å². The van der Waals surface area contributed by atoms with Crippen molar-refractivity contribution < 1.29 is 14.3 Å². The maximum absolute atomic E-state index is 12.3. The number of ether oxygens (including phenoxy) is 2. The molecule has 2 aromatic carbocycles. The number of nitrogens with one attached hydrogen (secondary N) is 1. The van der Waals surface area contributed by atoms with Crippen molar-refractivity contribution in [2.24, 2.45) is 0 Å². The lowest BCUT2D eigenvalue weighted by atomic mass is 10.1. The van der Waals surface area contributed by atoms with Gasteiger partial charge in [0.25, 0.3) is 5.56 Å². The Morgan fingerprint density at radius 3 is 2.32 bits per heavy atom. The summed E-state index contributed by atoms with van der Waals surface area (Å²) in [7, 11) is 1.57. The topological polar surface area (TPSA) is 82.5 Å². The van der Waals surface area contributed by atoms with Crippen molar-refractivity contribution in [3.8, 4) is 22.8 Å². The summed E-state index contributed by atoms with van der Waals surface area (Å²) in [6, 6.07) is 17.4. The molecule has 1 aromatic heterocycles. The van der Waals surface area contributed by atoms with Crippen LogP contribution < -0.4 is 20.3 Å². The fourth-order valence-electron chi connectivity index (χ4n) is 2.62. The Hall–Kier alpha value is -3.61. The first kappa shape index (κ1) is 19.2. The highest BCUT2D eigenvalue weighted by atomic mass is 16.5. The van der Waals surface area contributed by atoms with E-state index < -0.39 is 0 Å². The molecule has 0 bridgehead atoms. The molecule has 3 aromatic rings. The molecule has 0 saturated heterocycles. The highest BCUT2D eigenvalue weighted by molar-refractivity contribution is 5.90. The van der Waals surface area contributed by atoms with Crippen molar-refractivity contribution in [2.75, 3.05) is 19.0 Å². The van der Waals surface area contributed by atoms with E-state index in [4.69, 9.17) is 9.47 Å². The molecule has 1 heterocycles. The minimum absolute atomic E-state index is 0.185. The third-order valence-electron chi connectivity index (χ3n) is 3.99. The van der Waals surface area contributed by atoms with Gasteiger partial charge < -0.3 is 14.8 Å². The van der Waals surface area contributed by atoms with Crippen molar-refractivity contribution in [2.45, 2.75) is 13.5 Å². The van der Waals surface area contributed by atoms with Gasteiger partial charge in [-0.25, -0.2) is 4.68 Å². The monoisotopic (exact) mass is 379 g/mol. The molecular formula is C21H21N3O4. The van der Waals surface area contributed by atoms with Crippen LogP contribution in [0, 0.1) is 0 Å². The molecule has 0 aliphatic heterocycles. The fourth-order valence-corrected chi connectivity index (χ4v) is 2.62. The average Bonchev–Trinajstić information content (AvgIpc) is 2.71. The second kappa shape index (κ2) is 8.85. The number of hydrogen-bond donors (Lipinski definition) is 1. The van der Waals surface area contributed by atoms with E-state index in [1.54, 1.807) is 37.4 Å². The molecule has 144 valence electrons. The predicted molar refractivity (Wildman–Crippen MR) is 107 cm³/mol. The van der Waals surface area contributed by atoms with Crippen LogP contribution in [0.15, 0.2) is 65.5 Å². The van der Waals surface area contributed by atoms with Crippen molar-refractivity contribution in [3.63, 3.8) is 0 Å². The van der Waals surface area contributed by atoms with E-state index in [2.05, 4.69) is 10.4 Å². The summed E-state index contributed by atoms with van der Waals surface area (Å²) >= 11 is 0. The minimum atomic E-state index is -0.348. The lowest BCUT2D eigenvalue weighted by molar-refractivity contribution is -0.117. The number of hydrogen-bond acceptors (Lipinski definition) is 5. The number of carbonyl (C=O) groups excluding carboxylic acids is 1. The molecule has 0 spiro atoms. The van der Waals surface area contributed by atoms with Crippen LogP contribution in [0.5, 0.6) is 11.5 Å². The summed E-state index contributed by atoms with van der Waals surface area (Å²) in [5.74, 6) is 1.11. The Bertz CT molecular complexity index is 995. The van der Waals surface area contributed by atoms with E-state index >= 15 is 0 Å². The van der Waals surface area contributed by atoms with Gasteiger partial charge in [-0.3, -0.25) is 9.59 Å². The van der Waals surface area contributed by atoms with Crippen molar-refractivity contribution >= 4 is 11.6 Å². The summed E-state index contributed by atoms with van der Waals surface area (Å²) in [5.41, 5.74) is 1.69. The third-order valence-corrected chi connectivity index (χ3v) is 3.99. The molecule has 28 heavy (non-hydrogen) atoms. The molecule has 0 saturated carbocycles. The van der Waals surface area contributed by atoms with Crippen LogP contribution in [0.2, 0.25) is 0 Å². The van der Waals surface area contributed by atoms with Gasteiger partial charge in [-0.2, -0.15) is 5.10 Å². The van der Waals surface area contributed by atoms with E-state index in [0.29, 0.717) is 23.7 Å². The van der Waals surface area contributed by atoms with Crippen LogP contribution in [0.1, 0.15) is 6.92 Å². The zero-order valence-corrected chi connectivity index (χ0v) is 15.7. The van der Waals surface area contributed by atoms with E-state index in [-0.39, 0.29) is 18.0 Å². The molecule has 0 aliphatic carbocycles. The number of nitrogens with zero attached hydrogens (tertiary/aromatic N) is 2. The number of methoxy groups -OCH3 is 1. The van der Waals surface area contributed by atoms with Gasteiger partial charge in [-0.1, -0.05) is 0 Å². The molecule has 0 radical (unpaired) electrons. The summed E-state index contributed by atoms with van der Waals surface area (Å²) < 4.78 is 11.7. The van der Waals surface area contributed by atoms with Gasteiger partial charge in [0.15, 0.2) is 0 Å². The highest BCUT2D eigenvalue weighted by Gasteiger charge is 2.09. The van der Waals surface area contributed by atoms with Gasteiger partial charge >= 0.3 is 0 Å². The minimum Gasteiger partial charge on any atom is -0.497 e. The van der Waals surface area contributed by atoms with Gasteiger partial charge in [0.2, 0.25) is 5.91 Å². The molecule has 0 fully saturated rings. The Morgan fingerprint density at radius 1 is 1.00 bits per heavy atom. The molecular weight excluding hydrogens is 358 g/mol. The van der Waals surface area contributed by atoms with Gasteiger partial charge in [-0.15, -0.1) is 0 Å². The first-order chi connectivity index (χ1) is 13.6. The Kier molecular flexibility index (Phi) is 6.06. The summed E-state index contributed by atoms with van der Waals surface area (Å²) in [6.45, 7) is 2.32. The van der Waals surface area contributed by atoms with Crippen molar-refractivity contribution in [1.29, 1.82) is 0 Å². The van der Waals surface area contributed by atoms with Gasteiger partial charge in [0.05, 0.1) is 19.4 Å². The number of anilines is 1. The summed E-state index contributed by atoms with van der Waals surface area (Å²) in [5, 5.41) is 7.05. The van der Waals surface area contributed by atoms with Gasteiger partial charge in [-0.05, 0) is 61.5 Å². The van der Waals surface area contributed by atoms with Crippen LogP contribution in [0.25, 0.3) is 11.3 Å². The highest BCUT2D eigenvalue weighted by Crippen LogP contribution is 2.20. The second-order valence-electron chi connectivity index (χ2n) is 5.95. The maximum atomic E-state index is 12.3. The first-order valence-corrected chi connectivity index (χ1v) is 8.84. The molecule has 1 N–H and O–H groups in total. The summed E-state index contributed by atoms with van der Waals surface area (Å²) in [6.07, 6.45) is 0. The normalized spacial score (nSPS) is 10.4. The SMILES string of the molecule is CCOc1ccc(-c2ccc(=O)n(CC(=O)Nc3ccc(OC)cc3)n2)cc1. The van der Waals surface area contributed by atoms with Gasteiger partial charge in [0, 0.05) is 17.3 Å². The molecule has 7 nitrogen and oxygen atoms in total. The Morgan fingerprint density at radius 2 is 1.68 bits per heavy atom. The quantitative estimate of drug-likeness (QED) is 0.682. The van der Waals surface area contributed by atoms with E-state index in [1.807, 2.05) is 31.2 Å². The maximum Gasteiger partial charge on any atom is 0.267 e. The first-order valence-electron chi connectivity index (χ1n) is 8.84. The van der Waals surface area contributed by atoms with Crippen LogP contribution >= 0.6 is 0 Å². The number of benzene rings is 2. The predicted octanol–water partition coefficient (Wildman–Crippen LogP) is 2.96. The summed E-state index contributed by atoms with van der Waals surface area (Å²) in [4.78, 5) is 24.4. The molecule has 0 aliphatic rings. The zero-order valence-electron chi connectivity index (χ0n) is 15.7. The third kappa shape index (κ3) is 4.76. The lowest BCUT2D eigenvalue weighted by Gasteiger charge is -2.09. The van der Waals surface area contributed by atoms with E-state index in [9.17, 15) is 9.59 Å².